The zero-order valence-electron chi connectivity index (χ0n) is 12.6. The van der Waals surface area contributed by atoms with Crippen molar-refractivity contribution in [1.29, 1.82) is 0 Å². The van der Waals surface area contributed by atoms with Gasteiger partial charge < -0.3 is 18.6 Å². The van der Waals surface area contributed by atoms with Gasteiger partial charge in [-0.25, -0.2) is 4.79 Å². The SMILES string of the molecule is COCCN(CCC(=O)OC)Cc1ccc(C(=O)OC)o1. The third kappa shape index (κ3) is 5.97. The van der Waals surface area contributed by atoms with Gasteiger partial charge in [0.25, 0.3) is 0 Å². The summed E-state index contributed by atoms with van der Waals surface area (Å²) in [4.78, 5) is 24.5. The molecule has 0 saturated heterocycles. The van der Waals surface area contributed by atoms with Crippen LogP contribution < -0.4 is 0 Å². The molecule has 0 radical (unpaired) electrons. The van der Waals surface area contributed by atoms with Gasteiger partial charge >= 0.3 is 11.9 Å². The van der Waals surface area contributed by atoms with E-state index < -0.39 is 5.97 Å². The van der Waals surface area contributed by atoms with Crippen molar-refractivity contribution < 1.29 is 28.2 Å². The summed E-state index contributed by atoms with van der Waals surface area (Å²) in [6, 6.07) is 3.28. The van der Waals surface area contributed by atoms with E-state index in [4.69, 9.17) is 9.15 Å². The first kappa shape index (κ1) is 17.2. The van der Waals surface area contributed by atoms with Crippen molar-refractivity contribution in [3.8, 4) is 0 Å². The topological polar surface area (TPSA) is 78.2 Å². The predicted molar refractivity (Wildman–Crippen MR) is 73.8 cm³/mol. The number of hydrogen-bond acceptors (Lipinski definition) is 7. The van der Waals surface area contributed by atoms with Crippen LogP contribution in [0.4, 0.5) is 0 Å². The lowest BCUT2D eigenvalue weighted by molar-refractivity contribution is -0.141. The van der Waals surface area contributed by atoms with E-state index in [-0.39, 0.29) is 18.2 Å². The molecular formula is C14H21NO6. The lowest BCUT2D eigenvalue weighted by Gasteiger charge is -2.20. The summed E-state index contributed by atoms with van der Waals surface area (Å²) < 4.78 is 19.7. The van der Waals surface area contributed by atoms with Crippen LogP contribution in [-0.2, 0) is 25.5 Å². The van der Waals surface area contributed by atoms with Crippen LogP contribution in [0.2, 0.25) is 0 Å². The number of rotatable bonds is 9. The predicted octanol–water partition coefficient (Wildman–Crippen LogP) is 1.08. The molecule has 0 aliphatic carbocycles. The van der Waals surface area contributed by atoms with E-state index in [1.165, 1.54) is 14.2 Å². The van der Waals surface area contributed by atoms with E-state index in [9.17, 15) is 9.59 Å². The van der Waals surface area contributed by atoms with Crippen molar-refractivity contribution in [3.05, 3.63) is 23.7 Å². The monoisotopic (exact) mass is 299 g/mol. The van der Waals surface area contributed by atoms with Gasteiger partial charge in [0, 0.05) is 20.2 Å². The second-order valence-electron chi connectivity index (χ2n) is 4.35. The fraction of sp³-hybridized carbons (Fsp3) is 0.571. The van der Waals surface area contributed by atoms with Crippen LogP contribution in [0, 0.1) is 0 Å². The van der Waals surface area contributed by atoms with Crippen molar-refractivity contribution in [3.63, 3.8) is 0 Å². The second kappa shape index (κ2) is 9.15. The maximum atomic E-state index is 11.3. The molecule has 21 heavy (non-hydrogen) atoms. The first-order valence-electron chi connectivity index (χ1n) is 6.55. The Morgan fingerprint density at radius 2 is 1.90 bits per heavy atom. The molecule has 118 valence electrons. The van der Waals surface area contributed by atoms with Gasteiger partial charge in [0.1, 0.15) is 5.76 Å². The fourth-order valence-electron chi connectivity index (χ4n) is 1.74. The molecule has 0 bridgehead atoms. The van der Waals surface area contributed by atoms with Crippen molar-refractivity contribution in [2.24, 2.45) is 0 Å². The van der Waals surface area contributed by atoms with Gasteiger partial charge in [0.2, 0.25) is 5.76 Å². The van der Waals surface area contributed by atoms with Crippen LogP contribution in [0.3, 0.4) is 0 Å². The molecule has 0 spiro atoms. The first-order valence-corrected chi connectivity index (χ1v) is 6.55. The molecule has 0 saturated carbocycles. The average molecular weight is 299 g/mol. The van der Waals surface area contributed by atoms with Crippen molar-refractivity contribution in [2.45, 2.75) is 13.0 Å². The number of esters is 2. The normalized spacial score (nSPS) is 10.7. The molecule has 1 rings (SSSR count). The summed E-state index contributed by atoms with van der Waals surface area (Å²) in [7, 11) is 4.27. The molecule has 0 atom stereocenters. The van der Waals surface area contributed by atoms with Gasteiger partial charge in [-0.1, -0.05) is 0 Å². The molecule has 0 N–H and O–H groups in total. The van der Waals surface area contributed by atoms with Gasteiger partial charge in [-0.3, -0.25) is 9.69 Å². The second-order valence-corrected chi connectivity index (χ2v) is 4.35. The van der Waals surface area contributed by atoms with Crippen LogP contribution in [-0.4, -0.2) is 57.9 Å². The summed E-state index contributed by atoms with van der Waals surface area (Å²) in [5, 5.41) is 0. The summed E-state index contributed by atoms with van der Waals surface area (Å²) in [6.07, 6.45) is 0.283. The summed E-state index contributed by atoms with van der Waals surface area (Å²) in [6.45, 7) is 2.16. The van der Waals surface area contributed by atoms with E-state index in [0.29, 0.717) is 32.0 Å². The highest BCUT2D eigenvalue weighted by molar-refractivity contribution is 5.86. The molecule has 0 unspecified atom stereocenters. The highest BCUT2D eigenvalue weighted by Gasteiger charge is 2.14. The van der Waals surface area contributed by atoms with Crippen LogP contribution in [0.1, 0.15) is 22.7 Å². The number of furan rings is 1. The van der Waals surface area contributed by atoms with E-state index in [0.717, 1.165) is 0 Å². The van der Waals surface area contributed by atoms with Gasteiger partial charge in [-0.2, -0.15) is 0 Å². The molecule has 0 aliphatic heterocycles. The quantitative estimate of drug-likeness (QED) is 0.631. The number of carbonyl (C=O) groups excluding carboxylic acids is 2. The standard InChI is InChI=1S/C14H21NO6/c1-18-9-8-15(7-6-13(16)19-2)10-11-4-5-12(21-11)14(17)20-3/h4-5H,6-10H2,1-3H3. The summed E-state index contributed by atoms with van der Waals surface area (Å²) in [5.74, 6) is -0.00473. The van der Waals surface area contributed by atoms with Crippen LogP contribution in [0.15, 0.2) is 16.5 Å². The van der Waals surface area contributed by atoms with E-state index >= 15 is 0 Å². The smallest absolute Gasteiger partial charge is 0.373 e. The lowest BCUT2D eigenvalue weighted by Crippen LogP contribution is -2.29. The molecular weight excluding hydrogens is 278 g/mol. The summed E-state index contributed by atoms with van der Waals surface area (Å²) >= 11 is 0. The minimum atomic E-state index is -0.515. The zero-order valence-corrected chi connectivity index (χ0v) is 12.6. The van der Waals surface area contributed by atoms with E-state index in [2.05, 4.69) is 9.47 Å². The molecule has 7 nitrogen and oxygen atoms in total. The highest BCUT2D eigenvalue weighted by atomic mass is 16.5. The average Bonchev–Trinajstić information content (AvgIpc) is 2.97. The Balaban J connectivity index is 2.60. The lowest BCUT2D eigenvalue weighted by atomic mass is 10.3. The Hall–Kier alpha value is -1.86. The molecule has 0 amide bonds. The van der Waals surface area contributed by atoms with Gasteiger partial charge in [0.15, 0.2) is 0 Å². The van der Waals surface area contributed by atoms with Crippen LogP contribution in [0.5, 0.6) is 0 Å². The molecule has 1 aromatic heterocycles. The van der Waals surface area contributed by atoms with Crippen LogP contribution in [0.25, 0.3) is 0 Å². The number of hydrogen-bond donors (Lipinski definition) is 0. The minimum Gasteiger partial charge on any atom is -0.469 e. The molecule has 0 aliphatic rings. The first-order chi connectivity index (χ1) is 10.1. The number of ether oxygens (including phenoxy) is 3. The maximum absolute atomic E-state index is 11.3. The number of nitrogens with zero attached hydrogens (tertiary/aromatic N) is 1. The molecule has 7 heteroatoms. The van der Waals surface area contributed by atoms with Crippen molar-refractivity contribution in [1.82, 2.24) is 4.90 Å². The molecule has 1 aromatic rings. The zero-order chi connectivity index (χ0) is 15.7. The fourth-order valence-corrected chi connectivity index (χ4v) is 1.74. The molecule has 1 heterocycles. The Labute approximate surface area is 123 Å². The Morgan fingerprint density at radius 3 is 2.52 bits per heavy atom. The third-order valence-corrected chi connectivity index (χ3v) is 2.90. The number of methoxy groups -OCH3 is 3. The van der Waals surface area contributed by atoms with Crippen molar-refractivity contribution >= 4 is 11.9 Å². The summed E-state index contributed by atoms with van der Waals surface area (Å²) in [5.41, 5.74) is 0. The largest absolute Gasteiger partial charge is 0.469 e. The highest BCUT2D eigenvalue weighted by Crippen LogP contribution is 2.12. The van der Waals surface area contributed by atoms with Gasteiger partial charge in [-0.05, 0) is 12.1 Å². The maximum Gasteiger partial charge on any atom is 0.373 e. The Kier molecular flexibility index (Phi) is 7.49. The minimum absolute atomic E-state index is 0.159. The Morgan fingerprint density at radius 1 is 1.14 bits per heavy atom. The molecule has 0 fully saturated rings. The number of carbonyl (C=O) groups is 2. The molecule has 0 aromatic carbocycles. The van der Waals surface area contributed by atoms with Crippen molar-refractivity contribution in [2.75, 3.05) is 41.0 Å². The third-order valence-electron chi connectivity index (χ3n) is 2.90. The van der Waals surface area contributed by atoms with E-state index in [1.807, 2.05) is 4.90 Å². The van der Waals surface area contributed by atoms with Crippen LogP contribution >= 0.6 is 0 Å². The van der Waals surface area contributed by atoms with Gasteiger partial charge in [-0.15, -0.1) is 0 Å². The Bertz CT molecular complexity index is 456. The van der Waals surface area contributed by atoms with Gasteiger partial charge in [0.05, 0.1) is 33.8 Å². The van der Waals surface area contributed by atoms with E-state index in [1.54, 1.807) is 19.2 Å².